The molecule has 1 nitrogen and oxygen atoms in total. The summed E-state index contributed by atoms with van der Waals surface area (Å²) in [4.78, 5) is 4.21. The standard InChI is InChI=1S/C16H33N/c1-6-9-14(2)10-7-11-15(3)12-8-13-16(4)17-5/h14-15H,6-13H2,1-5H3. The van der Waals surface area contributed by atoms with Crippen LogP contribution in [-0.2, 0) is 0 Å². The normalized spacial score (nSPS) is 15.9. The van der Waals surface area contributed by atoms with Crippen molar-refractivity contribution in [3.8, 4) is 0 Å². The highest BCUT2D eigenvalue weighted by molar-refractivity contribution is 5.81. The van der Waals surface area contributed by atoms with Crippen LogP contribution in [0.25, 0.3) is 0 Å². The SMILES string of the molecule is CCCC(C)CCCC(C)CCCC(C)=NC. The van der Waals surface area contributed by atoms with Gasteiger partial charge in [0.25, 0.3) is 0 Å². The average Bonchev–Trinajstić information content (AvgIpc) is 2.29. The van der Waals surface area contributed by atoms with Crippen LogP contribution in [0.5, 0.6) is 0 Å². The fourth-order valence-corrected chi connectivity index (χ4v) is 2.41. The molecule has 0 amide bonds. The molecular weight excluding hydrogens is 206 g/mol. The third-order valence-corrected chi connectivity index (χ3v) is 3.79. The van der Waals surface area contributed by atoms with E-state index in [0.29, 0.717) is 0 Å². The van der Waals surface area contributed by atoms with Crippen LogP contribution in [-0.4, -0.2) is 12.8 Å². The van der Waals surface area contributed by atoms with Gasteiger partial charge in [0.1, 0.15) is 0 Å². The van der Waals surface area contributed by atoms with E-state index in [2.05, 4.69) is 32.7 Å². The molecule has 0 saturated heterocycles. The molecule has 0 aliphatic rings. The molecule has 0 fully saturated rings. The first-order valence-electron chi connectivity index (χ1n) is 7.52. The van der Waals surface area contributed by atoms with Crippen molar-refractivity contribution in [3.63, 3.8) is 0 Å². The first-order chi connectivity index (χ1) is 8.10. The lowest BCUT2D eigenvalue weighted by Crippen LogP contribution is -2.00. The summed E-state index contributed by atoms with van der Waals surface area (Å²) in [6.45, 7) is 9.23. The molecule has 2 unspecified atom stereocenters. The lowest BCUT2D eigenvalue weighted by atomic mass is 9.93. The average molecular weight is 239 g/mol. The molecular formula is C16H33N. The molecule has 0 heterocycles. The monoisotopic (exact) mass is 239 g/mol. The van der Waals surface area contributed by atoms with E-state index >= 15 is 0 Å². The van der Waals surface area contributed by atoms with Crippen LogP contribution in [0.1, 0.15) is 79.1 Å². The summed E-state index contributed by atoms with van der Waals surface area (Å²) >= 11 is 0. The Morgan fingerprint density at radius 3 is 2.00 bits per heavy atom. The van der Waals surface area contributed by atoms with E-state index in [-0.39, 0.29) is 0 Å². The zero-order valence-electron chi connectivity index (χ0n) is 12.8. The minimum Gasteiger partial charge on any atom is -0.298 e. The third kappa shape index (κ3) is 10.5. The molecule has 0 aromatic carbocycles. The highest BCUT2D eigenvalue weighted by atomic mass is 14.7. The Kier molecular flexibility index (Phi) is 10.6. The Balaban J connectivity index is 3.43. The smallest absolute Gasteiger partial charge is 0.0276 e. The molecule has 0 aromatic heterocycles. The van der Waals surface area contributed by atoms with Crippen molar-refractivity contribution in [2.75, 3.05) is 7.05 Å². The first kappa shape index (κ1) is 16.7. The van der Waals surface area contributed by atoms with Crippen LogP contribution in [0.3, 0.4) is 0 Å². The summed E-state index contributed by atoms with van der Waals surface area (Å²) in [5, 5.41) is 0. The fraction of sp³-hybridized carbons (Fsp3) is 0.938. The van der Waals surface area contributed by atoms with Crippen molar-refractivity contribution in [2.24, 2.45) is 16.8 Å². The molecule has 0 aliphatic heterocycles. The van der Waals surface area contributed by atoms with E-state index in [1.807, 2.05) is 7.05 Å². The fourth-order valence-electron chi connectivity index (χ4n) is 2.41. The number of hydrogen-bond acceptors (Lipinski definition) is 1. The van der Waals surface area contributed by atoms with Gasteiger partial charge in [-0.15, -0.1) is 0 Å². The highest BCUT2D eigenvalue weighted by Crippen LogP contribution is 2.19. The zero-order chi connectivity index (χ0) is 13.1. The van der Waals surface area contributed by atoms with E-state index in [0.717, 1.165) is 11.8 Å². The molecule has 0 N–H and O–H groups in total. The van der Waals surface area contributed by atoms with Gasteiger partial charge in [-0.2, -0.15) is 0 Å². The Labute approximate surface area is 109 Å². The van der Waals surface area contributed by atoms with Gasteiger partial charge in [0.15, 0.2) is 0 Å². The highest BCUT2D eigenvalue weighted by Gasteiger charge is 2.05. The topological polar surface area (TPSA) is 12.4 Å². The molecule has 0 radical (unpaired) electrons. The predicted octanol–water partition coefficient (Wildman–Crippen LogP) is 5.49. The largest absolute Gasteiger partial charge is 0.298 e. The van der Waals surface area contributed by atoms with Gasteiger partial charge in [-0.3, -0.25) is 4.99 Å². The molecule has 0 saturated carbocycles. The van der Waals surface area contributed by atoms with Gasteiger partial charge >= 0.3 is 0 Å². The quantitative estimate of drug-likeness (QED) is 0.447. The molecule has 102 valence electrons. The van der Waals surface area contributed by atoms with E-state index in [1.165, 1.54) is 57.1 Å². The van der Waals surface area contributed by atoms with Crippen LogP contribution in [0.4, 0.5) is 0 Å². The number of hydrogen-bond donors (Lipinski definition) is 0. The maximum absolute atomic E-state index is 4.21. The summed E-state index contributed by atoms with van der Waals surface area (Å²) in [5.41, 5.74) is 1.30. The Hall–Kier alpha value is -0.330. The molecule has 2 atom stereocenters. The lowest BCUT2D eigenvalue weighted by Gasteiger charge is -2.13. The van der Waals surface area contributed by atoms with Crippen molar-refractivity contribution < 1.29 is 0 Å². The lowest BCUT2D eigenvalue weighted by molar-refractivity contribution is 0.405. The van der Waals surface area contributed by atoms with Gasteiger partial charge in [-0.25, -0.2) is 0 Å². The number of nitrogens with zero attached hydrogens (tertiary/aromatic N) is 1. The van der Waals surface area contributed by atoms with Crippen LogP contribution in [0, 0.1) is 11.8 Å². The molecule has 0 spiro atoms. The van der Waals surface area contributed by atoms with Gasteiger partial charge in [0.2, 0.25) is 0 Å². The van der Waals surface area contributed by atoms with E-state index < -0.39 is 0 Å². The van der Waals surface area contributed by atoms with Crippen molar-refractivity contribution in [1.82, 2.24) is 0 Å². The second-order valence-electron chi connectivity index (χ2n) is 5.78. The van der Waals surface area contributed by atoms with Crippen molar-refractivity contribution in [3.05, 3.63) is 0 Å². The van der Waals surface area contributed by atoms with Crippen molar-refractivity contribution >= 4 is 5.71 Å². The molecule has 0 aliphatic carbocycles. The van der Waals surface area contributed by atoms with Crippen LogP contribution in [0.15, 0.2) is 4.99 Å². The van der Waals surface area contributed by atoms with Crippen LogP contribution < -0.4 is 0 Å². The minimum atomic E-state index is 0.897. The molecule has 0 bridgehead atoms. The summed E-state index contributed by atoms with van der Waals surface area (Å²) in [6, 6.07) is 0. The number of aliphatic imine (C=N–C) groups is 1. The van der Waals surface area contributed by atoms with Gasteiger partial charge in [-0.1, -0.05) is 59.3 Å². The van der Waals surface area contributed by atoms with E-state index in [4.69, 9.17) is 0 Å². The molecule has 0 rings (SSSR count). The minimum absolute atomic E-state index is 0.897. The zero-order valence-corrected chi connectivity index (χ0v) is 12.8. The van der Waals surface area contributed by atoms with Crippen molar-refractivity contribution in [1.29, 1.82) is 0 Å². The van der Waals surface area contributed by atoms with Crippen LogP contribution in [0.2, 0.25) is 0 Å². The summed E-state index contributed by atoms with van der Waals surface area (Å²) in [6.07, 6.45) is 10.9. The molecule has 17 heavy (non-hydrogen) atoms. The van der Waals surface area contributed by atoms with Gasteiger partial charge < -0.3 is 0 Å². The number of rotatable bonds is 10. The first-order valence-corrected chi connectivity index (χ1v) is 7.52. The van der Waals surface area contributed by atoms with Crippen molar-refractivity contribution in [2.45, 2.75) is 79.1 Å². The third-order valence-electron chi connectivity index (χ3n) is 3.79. The Morgan fingerprint density at radius 2 is 1.47 bits per heavy atom. The molecule has 1 heteroatoms. The Bertz CT molecular complexity index is 196. The van der Waals surface area contributed by atoms with Gasteiger partial charge in [-0.05, 0) is 31.6 Å². The second-order valence-corrected chi connectivity index (χ2v) is 5.78. The second kappa shape index (κ2) is 10.8. The Morgan fingerprint density at radius 1 is 0.941 bits per heavy atom. The van der Waals surface area contributed by atoms with Crippen LogP contribution >= 0.6 is 0 Å². The summed E-state index contributed by atoms with van der Waals surface area (Å²) in [7, 11) is 1.90. The maximum atomic E-state index is 4.21. The predicted molar refractivity (Wildman–Crippen MR) is 80.0 cm³/mol. The summed E-state index contributed by atoms with van der Waals surface area (Å²) < 4.78 is 0. The van der Waals surface area contributed by atoms with E-state index in [9.17, 15) is 0 Å². The van der Waals surface area contributed by atoms with Gasteiger partial charge in [0.05, 0.1) is 0 Å². The van der Waals surface area contributed by atoms with E-state index in [1.54, 1.807) is 0 Å². The van der Waals surface area contributed by atoms with Gasteiger partial charge in [0, 0.05) is 12.8 Å². The molecule has 0 aromatic rings. The maximum Gasteiger partial charge on any atom is 0.0276 e. The summed E-state index contributed by atoms with van der Waals surface area (Å²) in [5.74, 6) is 1.83.